The number of carbonyl (C=O) groups is 2. The molecule has 3 aromatic rings. The van der Waals surface area contributed by atoms with E-state index in [4.69, 9.17) is 11.6 Å². The van der Waals surface area contributed by atoms with Crippen LogP contribution in [0.3, 0.4) is 0 Å². The van der Waals surface area contributed by atoms with Crippen molar-refractivity contribution >= 4 is 41.4 Å². The Morgan fingerprint density at radius 3 is 2.30 bits per heavy atom. The Bertz CT molecular complexity index is 1170. The summed E-state index contributed by atoms with van der Waals surface area (Å²) in [7, 11) is 3.84. The highest BCUT2D eigenvalue weighted by atomic mass is 35.5. The molecule has 0 aliphatic carbocycles. The van der Waals surface area contributed by atoms with Crippen LogP contribution in [0.25, 0.3) is 6.08 Å². The van der Waals surface area contributed by atoms with E-state index in [0.717, 1.165) is 11.9 Å². The van der Waals surface area contributed by atoms with Crippen molar-refractivity contribution in [2.75, 3.05) is 19.0 Å². The van der Waals surface area contributed by atoms with Gasteiger partial charge >= 0.3 is 0 Å². The second-order valence-corrected chi connectivity index (χ2v) is 7.61. The number of carbonyl (C=O) groups excluding carboxylic acids is 2. The van der Waals surface area contributed by atoms with Crippen LogP contribution in [-0.4, -0.2) is 32.1 Å². The van der Waals surface area contributed by atoms with Crippen LogP contribution in [0, 0.1) is 5.82 Å². The second kappa shape index (κ2) is 11.1. The Balaban J connectivity index is 1.84. The minimum absolute atomic E-state index is 0.0294. The van der Waals surface area contributed by atoms with Gasteiger partial charge in [0.15, 0.2) is 0 Å². The molecule has 0 radical (unpaired) electrons. The predicted octanol–water partition coefficient (Wildman–Crippen LogP) is 4.47. The molecule has 0 fully saturated rings. The molecule has 6 nitrogen and oxygen atoms in total. The maximum Gasteiger partial charge on any atom is 0.287 e. The van der Waals surface area contributed by atoms with E-state index in [2.05, 4.69) is 15.8 Å². The van der Waals surface area contributed by atoms with Crippen molar-refractivity contribution in [1.82, 2.24) is 10.7 Å². The van der Waals surface area contributed by atoms with Crippen molar-refractivity contribution in [1.29, 1.82) is 0 Å². The molecule has 3 rings (SSSR count). The van der Waals surface area contributed by atoms with E-state index in [-0.39, 0.29) is 16.3 Å². The molecule has 8 heteroatoms. The standard InChI is InChI=1S/C25H22ClFN4O2/c1-31(2)19-13-11-17(12-14-19)15-23(29-24(32)18-7-4-3-5-8-18)25(33)30-28-16-20-21(26)9-6-10-22(20)27/h3-16H,1-2H3,(H,29,32)(H,30,33). The summed E-state index contributed by atoms with van der Waals surface area (Å²) in [6.45, 7) is 0. The van der Waals surface area contributed by atoms with Crippen molar-refractivity contribution < 1.29 is 14.0 Å². The lowest BCUT2D eigenvalue weighted by atomic mass is 10.1. The van der Waals surface area contributed by atoms with Gasteiger partial charge in [-0.1, -0.05) is 48.0 Å². The Morgan fingerprint density at radius 2 is 1.67 bits per heavy atom. The number of hydrazone groups is 1. The van der Waals surface area contributed by atoms with Crippen LogP contribution in [0.2, 0.25) is 5.02 Å². The number of nitrogens with one attached hydrogen (secondary N) is 2. The third kappa shape index (κ3) is 6.51. The van der Waals surface area contributed by atoms with E-state index in [9.17, 15) is 14.0 Å². The topological polar surface area (TPSA) is 73.8 Å². The molecule has 2 amide bonds. The number of hydrogen-bond donors (Lipinski definition) is 2. The zero-order valence-electron chi connectivity index (χ0n) is 18.0. The quantitative estimate of drug-likeness (QED) is 0.308. The van der Waals surface area contributed by atoms with E-state index in [1.54, 1.807) is 30.3 Å². The van der Waals surface area contributed by atoms with Gasteiger partial charge in [-0.2, -0.15) is 5.10 Å². The third-order valence-corrected chi connectivity index (χ3v) is 4.94. The summed E-state index contributed by atoms with van der Waals surface area (Å²) >= 11 is 5.97. The normalized spacial score (nSPS) is 11.3. The molecule has 3 aromatic carbocycles. The maximum absolute atomic E-state index is 13.9. The first-order valence-corrected chi connectivity index (χ1v) is 10.4. The van der Waals surface area contributed by atoms with Crippen LogP contribution in [-0.2, 0) is 4.79 Å². The molecule has 0 spiro atoms. The number of nitrogens with zero attached hydrogens (tertiary/aromatic N) is 2. The Morgan fingerprint density at radius 1 is 0.970 bits per heavy atom. The molecule has 0 aliphatic heterocycles. The average molecular weight is 465 g/mol. The molecule has 0 saturated heterocycles. The smallest absolute Gasteiger partial charge is 0.287 e. The SMILES string of the molecule is CN(C)c1ccc(C=C(NC(=O)c2ccccc2)C(=O)NN=Cc2c(F)cccc2Cl)cc1. The maximum atomic E-state index is 13.9. The summed E-state index contributed by atoms with van der Waals surface area (Å²) in [4.78, 5) is 27.4. The molecule has 0 bridgehead atoms. The van der Waals surface area contributed by atoms with E-state index < -0.39 is 17.6 Å². The van der Waals surface area contributed by atoms with Crippen LogP contribution >= 0.6 is 11.6 Å². The van der Waals surface area contributed by atoms with Crippen LogP contribution in [0.5, 0.6) is 0 Å². The Hall–Kier alpha value is -3.97. The summed E-state index contributed by atoms with van der Waals surface area (Å²) in [6, 6.07) is 20.1. The van der Waals surface area contributed by atoms with Crippen molar-refractivity contribution in [2.24, 2.45) is 5.10 Å². The molecule has 0 aliphatic rings. The van der Waals surface area contributed by atoms with Gasteiger partial charge in [-0.3, -0.25) is 9.59 Å². The fourth-order valence-electron chi connectivity index (χ4n) is 2.83. The summed E-state index contributed by atoms with van der Waals surface area (Å²) in [6.07, 6.45) is 2.64. The van der Waals surface area contributed by atoms with Gasteiger partial charge in [-0.25, -0.2) is 9.82 Å². The van der Waals surface area contributed by atoms with Crippen LogP contribution in [0.15, 0.2) is 83.6 Å². The third-order valence-electron chi connectivity index (χ3n) is 4.61. The van der Waals surface area contributed by atoms with Crippen molar-refractivity contribution in [3.05, 3.63) is 106 Å². The molecule has 2 N–H and O–H groups in total. The molecule has 33 heavy (non-hydrogen) atoms. The molecule has 0 unspecified atom stereocenters. The second-order valence-electron chi connectivity index (χ2n) is 7.20. The predicted molar refractivity (Wildman–Crippen MR) is 130 cm³/mol. The summed E-state index contributed by atoms with van der Waals surface area (Å²) in [5, 5.41) is 6.57. The van der Waals surface area contributed by atoms with Crippen molar-refractivity contribution in [3.63, 3.8) is 0 Å². The zero-order chi connectivity index (χ0) is 23.8. The molecule has 0 saturated carbocycles. The van der Waals surface area contributed by atoms with Gasteiger partial charge in [0.2, 0.25) is 0 Å². The highest BCUT2D eigenvalue weighted by molar-refractivity contribution is 6.33. The lowest BCUT2D eigenvalue weighted by Gasteiger charge is -2.12. The molecule has 0 atom stereocenters. The van der Waals surface area contributed by atoms with Crippen LogP contribution in [0.1, 0.15) is 21.5 Å². The van der Waals surface area contributed by atoms with Gasteiger partial charge in [0.05, 0.1) is 11.2 Å². The fourth-order valence-corrected chi connectivity index (χ4v) is 3.04. The number of amides is 2. The van der Waals surface area contributed by atoms with E-state index >= 15 is 0 Å². The fraction of sp³-hybridized carbons (Fsp3) is 0.0800. The first-order valence-electron chi connectivity index (χ1n) is 9.98. The minimum Gasteiger partial charge on any atom is -0.378 e. The molecular formula is C25H22ClFN4O2. The van der Waals surface area contributed by atoms with E-state index in [0.29, 0.717) is 11.1 Å². The number of anilines is 1. The zero-order valence-corrected chi connectivity index (χ0v) is 18.8. The molecular weight excluding hydrogens is 443 g/mol. The molecule has 0 heterocycles. The number of hydrogen-bond acceptors (Lipinski definition) is 4. The van der Waals surface area contributed by atoms with Gasteiger partial charge in [-0.15, -0.1) is 0 Å². The van der Waals surface area contributed by atoms with Crippen LogP contribution in [0.4, 0.5) is 10.1 Å². The highest BCUT2D eigenvalue weighted by Crippen LogP contribution is 2.17. The highest BCUT2D eigenvalue weighted by Gasteiger charge is 2.14. The van der Waals surface area contributed by atoms with Crippen molar-refractivity contribution in [3.8, 4) is 0 Å². The first-order chi connectivity index (χ1) is 15.8. The number of benzene rings is 3. The van der Waals surface area contributed by atoms with Gasteiger partial charge in [-0.05, 0) is 48.0 Å². The monoisotopic (exact) mass is 464 g/mol. The first kappa shape index (κ1) is 23.7. The minimum atomic E-state index is -0.681. The van der Waals surface area contributed by atoms with Crippen molar-refractivity contribution in [2.45, 2.75) is 0 Å². The lowest BCUT2D eigenvalue weighted by Crippen LogP contribution is -2.32. The van der Waals surface area contributed by atoms with E-state index in [1.807, 2.05) is 43.3 Å². The summed E-state index contributed by atoms with van der Waals surface area (Å²) in [5.74, 6) is -1.71. The van der Waals surface area contributed by atoms with Gasteiger partial charge in [0.25, 0.3) is 11.8 Å². The number of rotatable bonds is 7. The molecule has 168 valence electrons. The summed E-state index contributed by atoms with van der Waals surface area (Å²) in [5.41, 5.74) is 4.38. The largest absolute Gasteiger partial charge is 0.378 e. The van der Waals surface area contributed by atoms with Gasteiger partial charge in [0.1, 0.15) is 11.5 Å². The Labute approximate surface area is 196 Å². The Kier molecular flexibility index (Phi) is 7.94. The van der Waals surface area contributed by atoms with Gasteiger partial charge in [0, 0.05) is 30.9 Å². The lowest BCUT2D eigenvalue weighted by molar-refractivity contribution is -0.117. The molecule has 0 aromatic heterocycles. The number of halogens is 2. The van der Waals surface area contributed by atoms with Gasteiger partial charge < -0.3 is 10.2 Å². The van der Waals surface area contributed by atoms with E-state index in [1.165, 1.54) is 24.3 Å². The average Bonchev–Trinajstić information content (AvgIpc) is 2.81. The summed E-state index contributed by atoms with van der Waals surface area (Å²) < 4.78 is 13.9. The van der Waals surface area contributed by atoms with Crippen LogP contribution < -0.4 is 15.6 Å².